The normalized spacial score (nSPS) is 25.8. The molecular weight excluding hydrogens is 360 g/mol. The highest BCUT2D eigenvalue weighted by molar-refractivity contribution is 7.88. The van der Waals surface area contributed by atoms with Gasteiger partial charge in [-0.1, -0.05) is 0 Å². The molecule has 2 fully saturated rings. The van der Waals surface area contributed by atoms with Crippen LogP contribution >= 0.6 is 0 Å². The molecule has 0 bridgehead atoms. The molecule has 0 aromatic rings. The van der Waals surface area contributed by atoms with E-state index in [9.17, 15) is 23.1 Å². The fourth-order valence-corrected chi connectivity index (χ4v) is 3.91. The molecule has 150 valence electrons. The third kappa shape index (κ3) is 6.49. The molecule has 0 spiro atoms. The van der Waals surface area contributed by atoms with Crippen molar-refractivity contribution < 1.29 is 23.1 Å². The lowest BCUT2D eigenvalue weighted by Crippen LogP contribution is -2.53. The van der Waals surface area contributed by atoms with E-state index in [-0.39, 0.29) is 18.4 Å². The summed E-state index contributed by atoms with van der Waals surface area (Å²) in [6, 6.07) is 0. The quantitative estimate of drug-likeness (QED) is 0.588. The van der Waals surface area contributed by atoms with Gasteiger partial charge < -0.3 is 14.9 Å². The van der Waals surface area contributed by atoms with E-state index >= 15 is 0 Å². The monoisotopic (exact) mass is 390 g/mol. The van der Waals surface area contributed by atoms with E-state index in [2.05, 4.69) is 9.62 Å². The van der Waals surface area contributed by atoms with Crippen molar-refractivity contribution in [2.24, 2.45) is 0 Å². The van der Waals surface area contributed by atoms with Crippen molar-refractivity contribution in [2.75, 3.05) is 58.6 Å². The van der Waals surface area contributed by atoms with Gasteiger partial charge in [0.2, 0.25) is 21.8 Å². The number of amides is 2. The molecule has 1 atom stereocenters. The minimum Gasteiger partial charge on any atom is -0.388 e. The van der Waals surface area contributed by atoms with Crippen LogP contribution in [0, 0.1) is 0 Å². The Labute approximate surface area is 155 Å². The Morgan fingerprint density at radius 2 is 1.69 bits per heavy atom. The van der Waals surface area contributed by atoms with E-state index in [4.69, 9.17) is 0 Å². The summed E-state index contributed by atoms with van der Waals surface area (Å²) in [5, 5.41) is 11.0. The molecule has 0 saturated carbocycles. The molecule has 10 heteroatoms. The van der Waals surface area contributed by atoms with Crippen LogP contribution in [0.3, 0.4) is 0 Å². The molecular formula is C16H30N4O5S. The molecule has 0 radical (unpaired) electrons. The maximum atomic E-state index is 12.2. The average molecular weight is 391 g/mol. The number of carbonyl (C=O) groups is 2. The summed E-state index contributed by atoms with van der Waals surface area (Å²) in [4.78, 5) is 29.2. The number of nitrogens with zero attached hydrogens (tertiary/aromatic N) is 3. The van der Waals surface area contributed by atoms with E-state index in [1.165, 1.54) is 0 Å². The van der Waals surface area contributed by atoms with Crippen LogP contribution in [0.25, 0.3) is 0 Å². The Balaban J connectivity index is 1.83. The topological polar surface area (TPSA) is 110 Å². The van der Waals surface area contributed by atoms with Crippen molar-refractivity contribution in [1.29, 1.82) is 0 Å². The number of piperazine rings is 1. The van der Waals surface area contributed by atoms with Gasteiger partial charge >= 0.3 is 0 Å². The first-order valence-corrected chi connectivity index (χ1v) is 10.9. The number of β-amino-alcohol motifs (C(OH)–C–C–N with tert-alkyl or cyclic N) is 1. The van der Waals surface area contributed by atoms with Crippen LogP contribution in [0.5, 0.6) is 0 Å². The van der Waals surface area contributed by atoms with Crippen LogP contribution in [0.4, 0.5) is 0 Å². The summed E-state index contributed by atoms with van der Waals surface area (Å²) < 4.78 is 24.5. The zero-order valence-corrected chi connectivity index (χ0v) is 16.4. The Kier molecular flexibility index (Phi) is 7.00. The van der Waals surface area contributed by atoms with Crippen molar-refractivity contribution in [3.05, 3.63) is 0 Å². The molecule has 9 nitrogen and oxygen atoms in total. The first-order chi connectivity index (χ1) is 12.1. The molecule has 2 amide bonds. The largest absolute Gasteiger partial charge is 0.388 e. The van der Waals surface area contributed by atoms with E-state index in [0.717, 1.165) is 19.3 Å². The SMILES string of the molecule is CC(=O)N1CCN(C[C@]2(O)CCCN(C(=O)CNS(C)(=O)=O)CC2)CC1. The summed E-state index contributed by atoms with van der Waals surface area (Å²) >= 11 is 0. The van der Waals surface area contributed by atoms with Gasteiger partial charge in [0.1, 0.15) is 0 Å². The molecule has 2 heterocycles. The number of nitrogens with one attached hydrogen (secondary N) is 1. The summed E-state index contributed by atoms with van der Waals surface area (Å²) in [6.07, 6.45) is 2.76. The number of aliphatic hydroxyl groups is 1. The maximum Gasteiger partial charge on any atom is 0.237 e. The molecule has 0 unspecified atom stereocenters. The predicted molar refractivity (Wildman–Crippen MR) is 96.9 cm³/mol. The second-order valence-corrected chi connectivity index (χ2v) is 9.17. The highest BCUT2D eigenvalue weighted by atomic mass is 32.2. The summed E-state index contributed by atoms with van der Waals surface area (Å²) in [6.45, 7) is 5.61. The van der Waals surface area contributed by atoms with E-state index in [0.29, 0.717) is 52.0 Å². The van der Waals surface area contributed by atoms with Gasteiger partial charge in [0, 0.05) is 52.7 Å². The zero-order valence-electron chi connectivity index (χ0n) is 15.6. The number of likely N-dealkylation sites (tertiary alicyclic amines) is 1. The first kappa shape index (κ1) is 21.1. The van der Waals surface area contributed by atoms with Crippen LogP contribution in [-0.2, 0) is 19.6 Å². The first-order valence-electron chi connectivity index (χ1n) is 9.01. The lowest BCUT2D eigenvalue weighted by Gasteiger charge is -2.39. The molecule has 2 aliphatic rings. The summed E-state index contributed by atoms with van der Waals surface area (Å²) in [5.74, 6) is -0.190. The Bertz CT molecular complexity index is 618. The van der Waals surface area contributed by atoms with E-state index in [1.54, 1.807) is 11.8 Å². The van der Waals surface area contributed by atoms with Gasteiger partial charge in [-0.3, -0.25) is 14.5 Å². The average Bonchev–Trinajstić information content (AvgIpc) is 2.74. The summed E-state index contributed by atoms with van der Waals surface area (Å²) in [7, 11) is -3.40. The number of carbonyl (C=O) groups excluding carboxylic acids is 2. The van der Waals surface area contributed by atoms with Gasteiger partial charge in [-0.25, -0.2) is 13.1 Å². The number of sulfonamides is 1. The van der Waals surface area contributed by atoms with Gasteiger partial charge in [0.25, 0.3) is 0 Å². The third-order valence-electron chi connectivity index (χ3n) is 5.09. The van der Waals surface area contributed by atoms with Gasteiger partial charge in [-0.15, -0.1) is 0 Å². The Morgan fingerprint density at radius 1 is 1.04 bits per heavy atom. The smallest absolute Gasteiger partial charge is 0.237 e. The fourth-order valence-electron chi connectivity index (χ4n) is 3.53. The van der Waals surface area contributed by atoms with Crippen molar-refractivity contribution in [3.63, 3.8) is 0 Å². The van der Waals surface area contributed by atoms with Crippen LogP contribution in [0.2, 0.25) is 0 Å². The zero-order chi connectivity index (χ0) is 19.4. The number of hydrogen-bond donors (Lipinski definition) is 2. The standard InChI is InChI=1S/C16H30N4O5S/c1-14(21)19-10-8-18(9-11-19)13-16(23)4-3-6-20(7-5-16)15(22)12-17-26(2,24)25/h17,23H,3-13H2,1-2H3/t16-/m0/s1. The van der Waals surface area contributed by atoms with Crippen LogP contribution in [-0.4, -0.2) is 104 Å². The Morgan fingerprint density at radius 3 is 2.27 bits per heavy atom. The van der Waals surface area contributed by atoms with Crippen LogP contribution in [0.1, 0.15) is 26.2 Å². The third-order valence-corrected chi connectivity index (χ3v) is 5.76. The van der Waals surface area contributed by atoms with Crippen molar-refractivity contribution in [3.8, 4) is 0 Å². The van der Waals surface area contributed by atoms with Gasteiger partial charge in [0.05, 0.1) is 18.4 Å². The molecule has 2 rings (SSSR count). The lowest BCUT2D eigenvalue weighted by atomic mass is 9.94. The van der Waals surface area contributed by atoms with Crippen LogP contribution in [0.15, 0.2) is 0 Å². The molecule has 0 aromatic heterocycles. The molecule has 0 aromatic carbocycles. The predicted octanol–water partition coefficient (Wildman–Crippen LogP) is -1.56. The molecule has 2 aliphatic heterocycles. The Hall–Kier alpha value is -1.23. The van der Waals surface area contributed by atoms with Gasteiger partial charge in [-0.2, -0.15) is 0 Å². The molecule has 26 heavy (non-hydrogen) atoms. The second-order valence-electron chi connectivity index (χ2n) is 7.33. The molecule has 2 saturated heterocycles. The highest BCUT2D eigenvalue weighted by Crippen LogP contribution is 2.24. The van der Waals surface area contributed by atoms with Crippen molar-refractivity contribution in [1.82, 2.24) is 19.4 Å². The van der Waals surface area contributed by atoms with E-state index < -0.39 is 15.6 Å². The molecule has 0 aliphatic carbocycles. The lowest BCUT2D eigenvalue weighted by molar-refractivity contribution is -0.131. The minimum atomic E-state index is -3.40. The second kappa shape index (κ2) is 8.64. The number of rotatable bonds is 5. The maximum absolute atomic E-state index is 12.2. The number of hydrogen-bond acceptors (Lipinski definition) is 6. The fraction of sp³-hybridized carbons (Fsp3) is 0.875. The van der Waals surface area contributed by atoms with E-state index in [1.807, 2.05) is 4.90 Å². The van der Waals surface area contributed by atoms with Gasteiger partial charge in [0.15, 0.2) is 0 Å². The van der Waals surface area contributed by atoms with Crippen LogP contribution < -0.4 is 4.72 Å². The molecule has 2 N–H and O–H groups in total. The highest BCUT2D eigenvalue weighted by Gasteiger charge is 2.34. The summed E-state index contributed by atoms with van der Waals surface area (Å²) in [5.41, 5.74) is -0.863. The van der Waals surface area contributed by atoms with Crippen molar-refractivity contribution in [2.45, 2.75) is 31.8 Å². The minimum absolute atomic E-state index is 0.0784. The van der Waals surface area contributed by atoms with Gasteiger partial charge in [-0.05, 0) is 19.3 Å². The van der Waals surface area contributed by atoms with Crippen molar-refractivity contribution >= 4 is 21.8 Å².